The van der Waals surface area contributed by atoms with E-state index in [1.54, 1.807) is 24.5 Å². The monoisotopic (exact) mass is 385 g/mol. The molecule has 2 N–H and O–H groups in total. The number of ether oxygens (including phenoxy) is 1. The Morgan fingerprint density at radius 3 is 2.86 bits per heavy atom. The average molecular weight is 385 g/mol. The van der Waals surface area contributed by atoms with Crippen LogP contribution in [0.4, 0.5) is 10.3 Å². The SMILES string of the molecule is Cc1cn(N=Cc2ccc(F)c(-c3noc(CN4CCOCC4)n3)c2)c(N)n1. The Kier molecular flexibility index (Phi) is 5.13. The zero-order valence-corrected chi connectivity index (χ0v) is 15.4. The van der Waals surface area contributed by atoms with E-state index in [4.69, 9.17) is 15.0 Å². The van der Waals surface area contributed by atoms with Gasteiger partial charge in [0, 0.05) is 13.1 Å². The van der Waals surface area contributed by atoms with E-state index < -0.39 is 5.82 Å². The Balaban J connectivity index is 1.53. The lowest BCUT2D eigenvalue weighted by molar-refractivity contribution is 0.0297. The van der Waals surface area contributed by atoms with E-state index in [2.05, 4.69) is 25.1 Å². The highest BCUT2D eigenvalue weighted by molar-refractivity contribution is 5.82. The van der Waals surface area contributed by atoms with Crippen molar-refractivity contribution in [3.05, 3.63) is 47.4 Å². The zero-order chi connectivity index (χ0) is 19.5. The van der Waals surface area contributed by atoms with Gasteiger partial charge in [0.25, 0.3) is 0 Å². The van der Waals surface area contributed by atoms with Crippen molar-refractivity contribution in [2.75, 3.05) is 32.0 Å². The molecule has 0 radical (unpaired) electrons. The molecule has 10 heteroatoms. The molecule has 3 aromatic rings. The molecule has 1 aliphatic heterocycles. The zero-order valence-electron chi connectivity index (χ0n) is 15.4. The lowest BCUT2D eigenvalue weighted by Gasteiger charge is -2.24. The molecule has 0 amide bonds. The highest BCUT2D eigenvalue weighted by Crippen LogP contribution is 2.21. The second-order valence-corrected chi connectivity index (χ2v) is 6.47. The molecule has 146 valence electrons. The molecular weight excluding hydrogens is 365 g/mol. The first-order valence-electron chi connectivity index (χ1n) is 8.87. The Labute approximate surface area is 160 Å². The minimum atomic E-state index is -0.436. The molecule has 3 heterocycles. The third kappa shape index (κ3) is 4.07. The Morgan fingerprint density at radius 2 is 2.11 bits per heavy atom. The first-order valence-corrected chi connectivity index (χ1v) is 8.87. The largest absolute Gasteiger partial charge is 0.379 e. The quantitative estimate of drug-likeness (QED) is 0.666. The van der Waals surface area contributed by atoms with E-state index in [-0.39, 0.29) is 17.3 Å². The Hall–Kier alpha value is -3.11. The molecule has 28 heavy (non-hydrogen) atoms. The molecule has 0 unspecified atom stereocenters. The van der Waals surface area contributed by atoms with Crippen LogP contribution in [0.1, 0.15) is 17.1 Å². The molecule has 4 rings (SSSR count). The number of imidazole rings is 1. The van der Waals surface area contributed by atoms with Crippen molar-refractivity contribution in [2.45, 2.75) is 13.5 Å². The number of hydrogen-bond acceptors (Lipinski definition) is 8. The summed E-state index contributed by atoms with van der Waals surface area (Å²) >= 11 is 0. The fraction of sp³-hybridized carbons (Fsp3) is 0.333. The third-order valence-electron chi connectivity index (χ3n) is 4.33. The van der Waals surface area contributed by atoms with E-state index >= 15 is 0 Å². The van der Waals surface area contributed by atoms with Gasteiger partial charge in [-0.1, -0.05) is 11.2 Å². The number of anilines is 1. The van der Waals surface area contributed by atoms with Crippen LogP contribution in [0.5, 0.6) is 0 Å². The van der Waals surface area contributed by atoms with Gasteiger partial charge in [-0.2, -0.15) is 10.1 Å². The minimum absolute atomic E-state index is 0.203. The molecule has 0 spiro atoms. The van der Waals surface area contributed by atoms with Crippen molar-refractivity contribution in [3.63, 3.8) is 0 Å². The van der Waals surface area contributed by atoms with Gasteiger partial charge >= 0.3 is 0 Å². The van der Waals surface area contributed by atoms with Crippen LogP contribution in [0, 0.1) is 12.7 Å². The number of nitrogen functional groups attached to an aromatic ring is 1. The molecule has 1 fully saturated rings. The lowest BCUT2D eigenvalue weighted by Crippen LogP contribution is -2.35. The second kappa shape index (κ2) is 7.87. The average Bonchev–Trinajstić information content (AvgIpc) is 3.27. The first kappa shape index (κ1) is 18.3. The van der Waals surface area contributed by atoms with Gasteiger partial charge in [0.05, 0.1) is 43.4 Å². The Morgan fingerprint density at radius 1 is 1.29 bits per heavy atom. The normalized spacial score (nSPS) is 15.5. The van der Waals surface area contributed by atoms with Gasteiger partial charge in [-0.05, 0) is 24.6 Å². The lowest BCUT2D eigenvalue weighted by atomic mass is 10.1. The molecule has 0 aliphatic carbocycles. The van der Waals surface area contributed by atoms with Gasteiger partial charge in [-0.15, -0.1) is 0 Å². The number of nitrogens with two attached hydrogens (primary N) is 1. The summed E-state index contributed by atoms with van der Waals surface area (Å²) < 4.78 is 26.4. The van der Waals surface area contributed by atoms with Crippen LogP contribution >= 0.6 is 0 Å². The fourth-order valence-corrected chi connectivity index (χ4v) is 2.90. The van der Waals surface area contributed by atoms with E-state index in [1.165, 1.54) is 10.7 Å². The van der Waals surface area contributed by atoms with Crippen LogP contribution < -0.4 is 5.73 Å². The topological polar surface area (TPSA) is 108 Å². The fourth-order valence-electron chi connectivity index (χ4n) is 2.90. The molecule has 9 nitrogen and oxygen atoms in total. The number of hydrogen-bond donors (Lipinski definition) is 1. The molecule has 0 bridgehead atoms. The smallest absolute Gasteiger partial charge is 0.241 e. The summed E-state index contributed by atoms with van der Waals surface area (Å²) in [6.45, 7) is 5.29. The maximum absolute atomic E-state index is 14.3. The summed E-state index contributed by atoms with van der Waals surface area (Å²) in [7, 11) is 0. The van der Waals surface area contributed by atoms with Crippen molar-refractivity contribution >= 4 is 12.2 Å². The number of benzene rings is 1. The van der Waals surface area contributed by atoms with Crippen LogP contribution in [0.25, 0.3) is 11.4 Å². The van der Waals surface area contributed by atoms with E-state index in [9.17, 15) is 4.39 Å². The van der Waals surface area contributed by atoms with Gasteiger partial charge in [0.15, 0.2) is 0 Å². The van der Waals surface area contributed by atoms with Gasteiger partial charge in [-0.3, -0.25) is 4.90 Å². The summed E-state index contributed by atoms with van der Waals surface area (Å²) in [5.41, 5.74) is 7.44. The van der Waals surface area contributed by atoms with Crippen molar-refractivity contribution in [2.24, 2.45) is 5.10 Å². The van der Waals surface area contributed by atoms with Crippen LogP contribution in [-0.4, -0.2) is 57.2 Å². The van der Waals surface area contributed by atoms with E-state index in [0.717, 1.165) is 18.8 Å². The summed E-state index contributed by atoms with van der Waals surface area (Å²) in [6, 6.07) is 4.57. The molecule has 1 aliphatic rings. The molecule has 1 saturated heterocycles. The minimum Gasteiger partial charge on any atom is -0.379 e. The van der Waals surface area contributed by atoms with Gasteiger partial charge < -0.3 is 15.0 Å². The molecule has 2 aromatic heterocycles. The number of rotatable bonds is 5. The van der Waals surface area contributed by atoms with E-state index in [0.29, 0.717) is 31.2 Å². The standard InChI is InChI=1S/C18H20FN7O2/c1-12-10-26(18(20)22-12)21-9-13-2-3-15(19)14(8-13)17-23-16(28-24-17)11-25-4-6-27-7-5-25/h2-3,8-10H,4-7,11H2,1H3,(H2,20,22). The van der Waals surface area contributed by atoms with Crippen molar-refractivity contribution in [1.29, 1.82) is 0 Å². The summed E-state index contributed by atoms with van der Waals surface area (Å²) in [5.74, 6) is 0.488. The van der Waals surface area contributed by atoms with Gasteiger partial charge in [-0.25, -0.2) is 14.1 Å². The summed E-state index contributed by atoms with van der Waals surface area (Å²) in [6.07, 6.45) is 3.27. The third-order valence-corrected chi connectivity index (χ3v) is 4.33. The molecule has 1 aromatic carbocycles. The van der Waals surface area contributed by atoms with Crippen LogP contribution in [0.15, 0.2) is 34.0 Å². The first-order chi connectivity index (χ1) is 13.6. The second-order valence-electron chi connectivity index (χ2n) is 6.47. The van der Waals surface area contributed by atoms with Crippen LogP contribution in [0.3, 0.4) is 0 Å². The highest BCUT2D eigenvalue weighted by atomic mass is 19.1. The molecular formula is C18H20FN7O2. The molecule has 0 saturated carbocycles. The van der Waals surface area contributed by atoms with Crippen molar-refractivity contribution in [1.82, 2.24) is 24.7 Å². The van der Waals surface area contributed by atoms with Crippen molar-refractivity contribution in [3.8, 4) is 11.4 Å². The Bertz CT molecular complexity index is 992. The summed E-state index contributed by atoms with van der Waals surface area (Å²) in [5, 5.41) is 8.17. The predicted molar refractivity (Wildman–Crippen MR) is 100 cm³/mol. The summed E-state index contributed by atoms with van der Waals surface area (Å²) in [4.78, 5) is 10.6. The van der Waals surface area contributed by atoms with Crippen LogP contribution in [0.2, 0.25) is 0 Å². The maximum atomic E-state index is 14.3. The number of aromatic nitrogens is 4. The number of nitrogens with zero attached hydrogens (tertiary/aromatic N) is 6. The van der Waals surface area contributed by atoms with Gasteiger partial charge in [0.2, 0.25) is 17.7 Å². The molecule has 0 atom stereocenters. The van der Waals surface area contributed by atoms with Crippen molar-refractivity contribution < 1.29 is 13.7 Å². The van der Waals surface area contributed by atoms with E-state index in [1.807, 2.05) is 6.92 Å². The predicted octanol–water partition coefficient (Wildman–Crippen LogP) is 1.68. The van der Waals surface area contributed by atoms with Gasteiger partial charge in [0.1, 0.15) is 5.82 Å². The maximum Gasteiger partial charge on any atom is 0.241 e. The number of halogens is 1. The number of aryl methyl sites for hydroxylation is 1. The highest BCUT2D eigenvalue weighted by Gasteiger charge is 2.17. The van der Waals surface area contributed by atoms with Crippen LogP contribution in [-0.2, 0) is 11.3 Å². The number of morpholine rings is 1.